The van der Waals surface area contributed by atoms with Crippen LogP contribution in [0.25, 0.3) is 0 Å². The number of hydrogen-bond donors (Lipinski definition) is 3. The van der Waals surface area contributed by atoms with Gasteiger partial charge in [-0.25, -0.2) is 9.78 Å². The third kappa shape index (κ3) is 3.65. The zero-order valence-corrected chi connectivity index (χ0v) is 12.8. The lowest BCUT2D eigenvalue weighted by Crippen LogP contribution is -2.33. The molecule has 6 heteroatoms. The highest BCUT2D eigenvalue weighted by atomic mass is 16.4. The zero-order valence-electron chi connectivity index (χ0n) is 12.8. The predicted molar refractivity (Wildman–Crippen MR) is 87.4 cm³/mol. The lowest BCUT2D eigenvalue weighted by Gasteiger charge is -2.32. The minimum atomic E-state index is -0.973. The number of carboxylic acids is 1. The van der Waals surface area contributed by atoms with Crippen molar-refractivity contribution in [2.45, 2.75) is 18.9 Å². The maximum Gasteiger partial charge on any atom is 0.339 e. The van der Waals surface area contributed by atoms with Gasteiger partial charge in [0.2, 0.25) is 0 Å². The Morgan fingerprint density at radius 1 is 1.22 bits per heavy atom. The number of aromatic carboxylic acids is 1. The van der Waals surface area contributed by atoms with Crippen LogP contribution >= 0.6 is 0 Å². The number of nitrogens with zero attached hydrogens (tertiary/aromatic N) is 2. The highest BCUT2D eigenvalue weighted by Gasteiger charge is 2.26. The molecule has 0 radical (unpaired) electrons. The van der Waals surface area contributed by atoms with E-state index in [1.807, 2.05) is 12.1 Å². The maximum atomic E-state index is 11.4. The van der Waals surface area contributed by atoms with Crippen molar-refractivity contribution < 1.29 is 9.90 Å². The number of pyridine rings is 2. The van der Waals surface area contributed by atoms with Crippen LogP contribution < -0.4 is 10.6 Å². The van der Waals surface area contributed by atoms with Crippen LogP contribution in [0.1, 0.15) is 34.8 Å². The second-order valence-corrected chi connectivity index (χ2v) is 5.69. The first-order valence-corrected chi connectivity index (χ1v) is 7.81. The van der Waals surface area contributed by atoms with Gasteiger partial charge in [0.1, 0.15) is 11.4 Å². The van der Waals surface area contributed by atoms with Gasteiger partial charge >= 0.3 is 5.97 Å². The fourth-order valence-electron chi connectivity index (χ4n) is 3.06. The highest BCUT2D eigenvalue weighted by Crippen LogP contribution is 2.32. The normalized spacial score (nSPS) is 16.7. The first-order chi connectivity index (χ1) is 11.3. The summed E-state index contributed by atoms with van der Waals surface area (Å²) >= 11 is 0. The summed E-state index contributed by atoms with van der Waals surface area (Å²) in [6, 6.07) is 7.18. The quantitative estimate of drug-likeness (QED) is 0.785. The smallest absolute Gasteiger partial charge is 0.339 e. The first kappa shape index (κ1) is 15.4. The number of anilines is 1. The van der Waals surface area contributed by atoms with Crippen molar-refractivity contribution in [3.63, 3.8) is 0 Å². The second-order valence-electron chi connectivity index (χ2n) is 5.69. The highest BCUT2D eigenvalue weighted by molar-refractivity contribution is 5.93. The van der Waals surface area contributed by atoms with Crippen LogP contribution in [0.15, 0.2) is 42.9 Å². The molecule has 1 unspecified atom stereocenters. The summed E-state index contributed by atoms with van der Waals surface area (Å²) in [5, 5.41) is 16.1. The SMILES string of the molecule is O=C(O)c1cccnc1NC(c1ccncc1)C1CCNCC1. The van der Waals surface area contributed by atoms with Crippen LogP contribution in [0.3, 0.4) is 0 Å². The van der Waals surface area contributed by atoms with E-state index in [1.54, 1.807) is 30.7 Å². The molecule has 3 rings (SSSR count). The monoisotopic (exact) mass is 312 g/mol. The Labute approximate surface area is 135 Å². The van der Waals surface area contributed by atoms with Crippen LogP contribution in [0, 0.1) is 5.92 Å². The first-order valence-electron chi connectivity index (χ1n) is 7.81. The minimum Gasteiger partial charge on any atom is -0.478 e. The molecular formula is C17H20N4O2. The number of hydrogen-bond acceptors (Lipinski definition) is 5. The molecule has 23 heavy (non-hydrogen) atoms. The van der Waals surface area contributed by atoms with Gasteiger partial charge in [0.05, 0.1) is 6.04 Å². The minimum absolute atomic E-state index is 0.0214. The van der Waals surface area contributed by atoms with Gasteiger partial charge < -0.3 is 15.7 Å². The topological polar surface area (TPSA) is 87.1 Å². The van der Waals surface area contributed by atoms with Crippen LogP contribution in [-0.2, 0) is 0 Å². The fourth-order valence-corrected chi connectivity index (χ4v) is 3.06. The largest absolute Gasteiger partial charge is 0.478 e. The lowest BCUT2D eigenvalue weighted by atomic mass is 9.86. The Hall–Kier alpha value is -2.47. The van der Waals surface area contributed by atoms with Crippen molar-refractivity contribution in [2.75, 3.05) is 18.4 Å². The van der Waals surface area contributed by atoms with Gasteiger partial charge in [-0.1, -0.05) is 0 Å². The van der Waals surface area contributed by atoms with E-state index in [0.717, 1.165) is 31.5 Å². The van der Waals surface area contributed by atoms with E-state index in [0.29, 0.717) is 11.7 Å². The fraction of sp³-hybridized carbons (Fsp3) is 0.353. The van der Waals surface area contributed by atoms with E-state index in [9.17, 15) is 9.90 Å². The van der Waals surface area contributed by atoms with Crippen LogP contribution in [0.4, 0.5) is 5.82 Å². The standard InChI is InChI=1S/C17H20N4O2/c22-17(23)14-2-1-7-20-16(14)21-15(12-3-8-18-9-4-12)13-5-10-19-11-6-13/h1-4,7-9,13,15,19H,5-6,10-11H2,(H,20,21)(H,22,23). The summed E-state index contributed by atoms with van der Waals surface area (Å²) in [4.78, 5) is 19.7. The van der Waals surface area contributed by atoms with Crippen molar-refractivity contribution in [1.29, 1.82) is 0 Å². The van der Waals surface area contributed by atoms with Gasteiger partial charge in [-0.05, 0) is 61.7 Å². The van der Waals surface area contributed by atoms with Crippen molar-refractivity contribution in [3.8, 4) is 0 Å². The van der Waals surface area contributed by atoms with Crippen molar-refractivity contribution in [3.05, 3.63) is 54.0 Å². The van der Waals surface area contributed by atoms with E-state index < -0.39 is 5.97 Å². The van der Waals surface area contributed by atoms with Crippen molar-refractivity contribution in [1.82, 2.24) is 15.3 Å². The zero-order chi connectivity index (χ0) is 16.1. The molecule has 3 heterocycles. The molecule has 120 valence electrons. The number of rotatable bonds is 5. The van der Waals surface area contributed by atoms with Gasteiger partial charge in [0.15, 0.2) is 0 Å². The third-order valence-corrected chi connectivity index (χ3v) is 4.25. The van der Waals surface area contributed by atoms with Gasteiger partial charge in [-0.2, -0.15) is 0 Å². The predicted octanol–water partition coefficient (Wildman–Crippen LogP) is 2.33. The molecule has 2 aromatic heterocycles. The van der Waals surface area contributed by atoms with E-state index in [4.69, 9.17) is 0 Å². The summed E-state index contributed by atoms with van der Waals surface area (Å²) in [6.07, 6.45) is 7.22. The van der Waals surface area contributed by atoms with Crippen LogP contribution in [-0.4, -0.2) is 34.1 Å². The van der Waals surface area contributed by atoms with E-state index >= 15 is 0 Å². The Kier molecular flexibility index (Phi) is 4.83. The van der Waals surface area contributed by atoms with Crippen molar-refractivity contribution >= 4 is 11.8 Å². The van der Waals surface area contributed by atoms with Crippen LogP contribution in [0.2, 0.25) is 0 Å². The summed E-state index contributed by atoms with van der Waals surface area (Å²) in [6.45, 7) is 1.95. The molecule has 0 aliphatic carbocycles. The molecule has 1 atom stereocenters. The summed E-state index contributed by atoms with van der Waals surface area (Å²) in [5.74, 6) is -0.137. The molecule has 0 bridgehead atoms. The van der Waals surface area contributed by atoms with Gasteiger partial charge in [0.25, 0.3) is 0 Å². The molecule has 6 nitrogen and oxygen atoms in total. The maximum absolute atomic E-state index is 11.4. The van der Waals surface area contributed by atoms with E-state index in [-0.39, 0.29) is 11.6 Å². The molecule has 2 aromatic rings. The molecule has 0 saturated carbocycles. The lowest BCUT2D eigenvalue weighted by molar-refractivity contribution is 0.0697. The van der Waals surface area contributed by atoms with E-state index in [1.165, 1.54) is 0 Å². The van der Waals surface area contributed by atoms with Crippen LogP contribution in [0.5, 0.6) is 0 Å². The molecule has 0 amide bonds. The van der Waals surface area contributed by atoms with Gasteiger partial charge in [0, 0.05) is 18.6 Å². The van der Waals surface area contributed by atoms with E-state index in [2.05, 4.69) is 20.6 Å². The molecule has 1 fully saturated rings. The number of aromatic nitrogens is 2. The average molecular weight is 312 g/mol. The van der Waals surface area contributed by atoms with Gasteiger partial charge in [-0.15, -0.1) is 0 Å². The van der Waals surface area contributed by atoms with Gasteiger partial charge in [-0.3, -0.25) is 4.98 Å². The summed E-state index contributed by atoms with van der Waals surface area (Å²) < 4.78 is 0. The average Bonchev–Trinajstić information content (AvgIpc) is 2.61. The summed E-state index contributed by atoms with van der Waals surface area (Å²) in [7, 11) is 0. The molecule has 0 aromatic carbocycles. The Morgan fingerprint density at radius 2 is 1.96 bits per heavy atom. The Balaban J connectivity index is 1.91. The third-order valence-electron chi connectivity index (χ3n) is 4.25. The molecule has 1 aliphatic heterocycles. The number of piperidine rings is 1. The molecule has 0 spiro atoms. The second kappa shape index (κ2) is 7.19. The number of carboxylic acid groups (broad SMARTS) is 1. The number of nitrogens with one attached hydrogen (secondary N) is 2. The number of carbonyl (C=O) groups is 1. The molecule has 1 saturated heterocycles. The Bertz CT molecular complexity index is 657. The Morgan fingerprint density at radius 3 is 2.65 bits per heavy atom. The summed E-state index contributed by atoms with van der Waals surface area (Å²) in [5.41, 5.74) is 1.30. The molecule has 3 N–H and O–H groups in total. The molecular weight excluding hydrogens is 292 g/mol. The van der Waals surface area contributed by atoms with Crippen molar-refractivity contribution in [2.24, 2.45) is 5.92 Å². The molecule has 1 aliphatic rings.